The predicted molar refractivity (Wildman–Crippen MR) is 87.7 cm³/mol. The van der Waals surface area contributed by atoms with Crippen molar-refractivity contribution in [3.63, 3.8) is 0 Å². The number of alkyl carbamates (subject to hydrolysis) is 1. The summed E-state index contributed by atoms with van der Waals surface area (Å²) in [6.45, 7) is 6.35. The number of ether oxygens (including phenoxy) is 2. The maximum absolute atomic E-state index is 11.3. The van der Waals surface area contributed by atoms with E-state index in [0.717, 1.165) is 6.42 Å². The molecule has 0 rings (SSSR count). The molecule has 0 spiro atoms. The van der Waals surface area contributed by atoms with Gasteiger partial charge in [0.05, 0.1) is 6.61 Å². The lowest BCUT2D eigenvalue weighted by Crippen LogP contribution is -2.26. The van der Waals surface area contributed by atoms with E-state index in [9.17, 15) is 4.79 Å². The van der Waals surface area contributed by atoms with Crippen molar-refractivity contribution in [1.82, 2.24) is 5.32 Å². The van der Waals surface area contributed by atoms with E-state index in [1.807, 2.05) is 6.92 Å². The van der Waals surface area contributed by atoms with Crippen LogP contribution in [0.4, 0.5) is 4.79 Å². The first-order valence-corrected chi connectivity index (χ1v) is 8.79. The van der Waals surface area contributed by atoms with Crippen LogP contribution in [0, 0.1) is 0 Å². The van der Waals surface area contributed by atoms with Crippen molar-refractivity contribution in [3.05, 3.63) is 0 Å². The van der Waals surface area contributed by atoms with Crippen LogP contribution < -0.4 is 5.32 Å². The molecule has 0 aromatic carbocycles. The Morgan fingerprint density at radius 1 is 0.810 bits per heavy atom. The van der Waals surface area contributed by atoms with Gasteiger partial charge in [-0.15, -0.1) is 0 Å². The van der Waals surface area contributed by atoms with Gasteiger partial charge in [0.2, 0.25) is 0 Å². The molecule has 0 radical (unpaired) electrons. The fourth-order valence-corrected chi connectivity index (χ4v) is 2.19. The molecule has 0 aromatic heterocycles. The van der Waals surface area contributed by atoms with E-state index < -0.39 is 0 Å². The van der Waals surface area contributed by atoms with Gasteiger partial charge >= 0.3 is 6.09 Å². The largest absolute Gasteiger partial charge is 0.447 e. The quantitative estimate of drug-likeness (QED) is 0.447. The first-order chi connectivity index (χ1) is 10.3. The molecule has 4 nitrogen and oxygen atoms in total. The molecule has 0 aliphatic rings. The Kier molecular flexibility index (Phi) is 16.6. The second kappa shape index (κ2) is 17.3. The molecule has 21 heavy (non-hydrogen) atoms. The van der Waals surface area contributed by atoms with Crippen molar-refractivity contribution >= 4 is 6.09 Å². The maximum Gasteiger partial charge on any atom is 0.407 e. The van der Waals surface area contributed by atoms with E-state index in [-0.39, 0.29) is 6.09 Å². The minimum absolute atomic E-state index is 0.328. The first-order valence-electron chi connectivity index (χ1n) is 8.79. The van der Waals surface area contributed by atoms with Gasteiger partial charge in [0, 0.05) is 13.2 Å². The first kappa shape index (κ1) is 20.2. The third kappa shape index (κ3) is 17.2. The molecule has 1 N–H and O–H groups in total. The van der Waals surface area contributed by atoms with Crippen molar-refractivity contribution in [2.75, 3.05) is 26.4 Å². The maximum atomic E-state index is 11.3. The van der Waals surface area contributed by atoms with E-state index in [1.165, 1.54) is 57.8 Å². The minimum Gasteiger partial charge on any atom is -0.447 e. The van der Waals surface area contributed by atoms with Gasteiger partial charge < -0.3 is 14.8 Å². The lowest BCUT2D eigenvalue weighted by atomic mass is 10.1. The predicted octanol–water partition coefficient (Wildman–Crippen LogP) is 4.67. The summed E-state index contributed by atoms with van der Waals surface area (Å²) in [5, 5.41) is 2.77. The Morgan fingerprint density at radius 3 is 1.95 bits per heavy atom. The SMILES string of the molecule is CCCCCCCCCCCCNC(=O)OCCOCC. The average molecular weight is 301 g/mol. The van der Waals surface area contributed by atoms with Crippen molar-refractivity contribution < 1.29 is 14.3 Å². The van der Waals surface area contributed by atoms with E-state index in [4.69, 9.17) is 9.47 Å². The number of hydrogen-bond donors (Lipinski definition) is 1. The van der Waals surface area contributed by atoms with Gasteiger partial charge in [-0.05, 0) is 13.3 Å². The molecule has 0 heterocycles. The topological polar surface area (TPSA) is 47.6 Å². The standard InChI is InChI=1S/C17H35NO3/c1-3-5-6-7-8-9-10-11-12-13-14-18-17(19)21-16-15-20-4-2/h3-16H2,1-2H3,(H,18,19). The van der Waals surface area contributed by atoms with Crippen molar-refractivity contribution in [2.24, 2.45) is 0 Å². The second-order valence-electron chi connectivity index (χ2n) is 5.44. The molecule has 0 atom stereocenters. The monoisotopic (exact) mass is 301 g/mol. The van der Waals surface area contributed by atoms with Crippen LogP contribution in [0.2, 0.25) is 0 Å². The molecular weight excluding hydrogens is 266 g/mol. The van der Waals surface area contributed by atoms with Gasteiger partial charge in [0.1, 0.15) is 6.61 Å². The molecule has 0 saturated heterocycles. The van der Waals surface area contributed by atoms with E-state index in [1.54, 1.807) is 0 Å². The summed E-state index contributed by atoms with van der Waals surface area (Å²) in [6, 6.07) is 0. The highest BCUT2D eigenvalue weighted by atomic mass is 16.6. The molecule has 0 aromatic rings. The van der Waals surface area contributed by atoms with Crippen LogP contribution in [0.15, 0.2) is 0 Å². The highest BCUT2D eigenvalue weighted by molar-refractivity contribution is 5.66. The Labute approximate surface area is 131 Å². The third-order valence-electron chi connectivity index (χ3n) is 3.46. The summed E-state index contributed by atoms with van der Waals surface area (Å²) in [5.41, 5.74) is 0. The van der Waals surface area contributed by atoms with Crippen molar-refractivity contribution in [1.29, 1.82) is 0 Å². The summed E-state index contributed by atoms with van der Waals surface area (Å²) >= 11 is 0. The molecule has 0 fully saturated rings. The molecule has 0 bridgehead atoms. The number of carbonyl (C=O) groups excluding carboxylic acids is 1. The highest BCUT2D eigenvalue weighted by Crippen LogP contribution is 2.10. The lowest BCUT2D eigenvalue weighted by molar-refractivity contribution is 0.0788. The molecule has 1 amide bonds. The smallest absolute Gasteiger partial charge is 0.407 e. The third-order valence-corrected chi connectivity index (χ3v) is 3.46. The zero-order chi connectivity index (χ0) is 15.6. The number of hydrogen-bond acceptors (Lipinski definition) is 3. The van der Waals surface area contributed by atoms with Crippen LogP contribution in [0.25, 0.3) is 0 Å². The number of carbonyl (C=O) groups is 1. The summed E-state index contributed by atoms with van der Waals surface area (Å²) in [5.74, 6) is 0. The molecule has 0 saturated carbocycles. The van der Waals surface area contributed by atoms with Crippen LogP contribution in [-0.4, -0.2) is 32.5 Å². The minimum atomic E-state index is -0.328. The fourth-order valence-electron chi connectivity index (χ4n) is 2.19. The van der Waals surface area contributed by atoms with Crippen LogP contribution in [0.5, 0.6) is 0 Å². The highest BCUT2D eigenvalue weighted by Gasteiger charge is 2.00. The van der Waals surface area contributed by atoms with Gasteiger partial charge in [0.25, 0.3) is 0 Å². The van der Waals surface area contributed by atoms with Crippen LogP contribution in [0.3, 0.4) is 0 Å². The van der Waals surface area contributed by atoms with E-state index >= 15 is 0 Å². The normalized spacial score (nSPS) is 10.6. The van der Waals surface area contributed by atoms with Crippen molar-refractivity contribution in [2.45, 2.75) is 78.1 Å². The number of nitrogens with one attached hydrogen (secondary N) is 1. The Bertz CT molecular complexity index is 222. The number of unbranched alkanes of at least 4 members (excludes halogenated alkanes) is 9. The zero-order valence-corrected chi connectivity index (χ0v) is 14.1. The Hall–Kier alpha value is -0.770. The number of rotatable bonds is 15. The molecule has 4 heteroatoms. The van der Waals surface area contributed by atoms with Crippen LogP contribution in [-0.2, 0) is 9.47 Å². The number of amides is 1. The molecule has 126 valence electrons. The van der Waals surface area contributed by atoms with Crippen LogP contribution in [0.1, 0.15) is 78.1 Å². The van der Waals surface area contributed by atoms with E-state index in [0.29, 0.717) is 26.4 Å². The summed E-state index contributed by atoms with van der Waals surface area (Å²) in [4.78, 5) is 11.3. The van der Waals surface area contributed by atoms with Gasteiger partial charge in [-0.1, -0.05) is 64.7 Å². The van der Waals surface area contributed by atoms with Crippen molar-refractivity contribution in [3.8, 4) is 0 Å². The second-order valence-corrected chi connectivity index (χ2v) is 5.44. The van der Waals surface area contributed by atoms with Gasteiger partial charge in [-0.2, -0.15) is 0 Å². The fraction of sp³-hybridized carbons (Fsp3) is 0.941. The molecule has 0 unspecified atom stereocenters. The van der Waals surface area contributed by atoms with E-state index in [2.05, 4.69) is 12.2 Å². The molecule has 0 aliphatic carbocycles. The lowest BCUT2D eigenvalue weighted by Gasteiger charge is -2.07. The average Bonchev–Trinajstić information content (AvgIpc) is 2.49. The molecule has 0 aliphatic heterocycles. The Morgan fingerprint density at radius 2 is 1.38 bits per heavy atom. The summed E-state index contributed by atoms with van der Waals surface area (Å²) in [7, 11) is 0. The van der Waals surface area contributed by atoms with Crippen LogP contribution >= 0.6 is 0 Å². The summed E-state index contributed by atoms with van der Waals surface area (Å²) in [6.07, 6.45) is 12.7. The zero-order valence-electron chi connectivity index (χ0n) is 14.1. The molecular formula is C17H35NO3. The van der Waals surface area contributed by atoms with Gasteiger partial charge in [-0.25, -0.2) is 4.79 Å². The summed E-state index contributed by atoms with van der Waals surface area (Å²) < 4.78 is 10.1. The van der Waals surface area contributed by atoms with Gasteiger partial charge in [0.15, 0.2) is 0 Å². The Balaban J connectivity index is 3.09. The van der Waals surface area contributed by atoms with Gasteiger partial charge in [-0.3, -0.25) is 0 Å².